The topological polar surface area (TPSA) is 35.5 Å². The predicted molar refractivity (Wildman–Crippen MR) is 77.0 cm³/mol. The van der Waals surface area contributed by atoms with Crippen molar-refractivity contribution in [2.24, 2.45) is 0 Å². The van der Waals surface area contributed by atoms with Gasteiger partial charge in [0, 0.05) is 0 Å². The summed E-state index contributed by atoms with van der Waals surface area (Å²) in [5, 5.41) is 0. The van der Waals surface area contributed by atoms with Gasteiger partial charge in [0.25, 0.3) is 0 Å². The SMILES string of the molecule is C=CC1(CC/C=C(\C)CCC=C(C)C)COC(=O)O1. The Morgan fingerprint density at radius 3 is 2.58 bits per heavy atom. The molecule has 0 amide bonds. The van der Waals surface area contributed by atoms with Crippen LogP contribution in [0.2, 0.25) is 0 Å². The van der Waals surface area contributed by atoms with Crippen LogP contribution in [0.5, 0.6) is 0 Å². The zero-order chi connectivity index (χ0) is 14.3. The molecule has 0 aromatic carbocycles. The van der Waals surface area contributed by atoms with Crippen LogP contribution in [0.25, 0.3) is 0 Å². The van der Waals surface area contributed by atoms with Crippen LogP contribution in [0.1, 0.15) is 46.5 Å². The van der Waals surface area contributed by atoms with Gasteiger partial charge >= 0.3 is 6.16 Å². The van der Waals surface area contributed by atoms with Gasteiger partial charge in [-0.15, -0.1) is 0 Å². The van der Waals surface area contributed by atoms with Gasteiger partial charge in [0.1, 0.15) is 6.61 Å². The highest BCUT2D eigenvalue weighted by Gasteiger charge is 2.38. The van der Waals surface area contributed by atoms with Gasteiger partial charge in [0.15, 0.2) is 5.60 Å². The molecule has 1 aliphatic heterocycles. The Hall–Kier alpha value is -1.51. The number of cyclic esters (lactones) is 2. The van der Waals surface area contributed by atoms with Gasteiger partial charge in [-0.3, -0.25) is 0 Å². The molecule has 1 unspecified atom stereocenters. The molecule has 1 saturated heterocycles. The van der Waals surface area contributed by atoms with E-state index in [2.05, 4.69) is 39.5 Å². The van der Waals surface area contributed by atoms with Gasteiger partial charge in [-0.2, -0.15) is 0 Å². The Morgan fingerprint density at radius 2 is 2.05 bits per heavy atom. The van der Waals surface area contributed by atoms with Crippen molar-refractivity contribution in [1.82, 2.24) is 0 Å². The van der Waals surface area contributed by atoms with Crippen LogP contribution < -0.4 is 0 Å². The van der Waals surface area contributed by atoms with Crippen LogP contribution in [0.3, 0.4) is 0 Å². The third-order valence-electron chi connectivity index (χ3n) is 3.24. The molecule has 0 aromatic heterocycles. The zero-order valence-electron chi connectivity index (χ0n) is 12.2. The molecule has 19 heavy (non-hydrogen) atoms. The van der Waals surface area contributed by atoms with E-state index in [1.54, 1.807) is 6.08 Å². The fourth-order valence-electron chi connectivity index (χ4n) is 1.99. The van der Waals surface area contributed by atoms with Crippen molar-refractivity contribution in [3.05, 3.63) is 36.0 Å². The number of ether oxygens (including phenoxy) is 2. The van der Waals surface area contributed by atoms with Crippen molar-refractivity contribution < 1.29 is 14.3 Å². The van der Waals surface area contributed by atoms with E-state index in [0.29, 0.717) is 0 Å². The van der Waals surface area contributed by atoms with Crippen LogP contribution in [0.15, 0.2) is 36.0 Å². The van der Waals surface area contributed by atoms with E-state index < -0.39 is 11.8 Å². The van der Waals surface area contributed by atoms with Crippen molar-refractivity contribution in [2.45, 2.75) is 52.1 Å². The Morgan fingerprint density at radius 1 is 1.32 bits per heavy atom. The number of rotatable bonds is 7. The molecular formula is C16H24O3. The smallest absolute Gasteiger partial charge is 0.430 e. The number of carbonyl (C=O) groups is 1. The maximum absolute atomic E-state index is 11.0. The van der Waals surface area contributed by atoms with E-state index in [0.717, 1.165) is 25.7 Å². The summed E-state index contributed by atoms with van der Waals surface area (Å²) in [5.74, 6) is 0. The third-order valence-corrected chi connectivity index (χ3v) is 3.24. The molecule has 0 bridgehead atoms. The minimum atomic E-state index is -0.631. The fourth-order valence-corrected chi connectivity index (χ4v) is 1.99. The average molecular weight is 264 g/mol. The molecule has 1 rings (SSSR count). The number of hydrogen-bond acceptors (Lipinski definition) is 3. The van der Waals surface area contributed by atoms with Gasteiger partial charge < -0.3 is 9.47 Å². The standard InChI is InChI=1S/C16H24O3/c1-5-16(12-18-15(17)19-16)11-7-10-14(4)9-6-8-13(2)3/h5,8,10H,1,6-7,9,11-12H2,2-4H3/b14-10+. The van der Waals surface area contributed by atoms with Crippen LogP contribution >= 0.6 is 0 Å². The van der Waals surface area contributed by atoms with E-state index in [9.17, 15) is 4.79 Å². The minimum Gasteiger partial charge on any atom is -0.430 e. The van der Waals surface area contributed by atoms with E-state index in [4.69, 9.17) is 9.47 Å². The highest BCUT2D eigenvalue weighted by Crippen LogP contribution is 2.27. The van der Waals surface area contributed by atoms with E-state index in [1.807, 2.05) is 0 Å². The zero-order valence-corrected chi connectivity index (χ0v) is 12.2. The van der Waals surface area contributed by atoms with Gasteiger partial charge in [-0.05, 0) is 52.5 Å². The summed E-state index contributed by atoms with van der Waals surface area (Å²) in [6.45, 7) is 10.4. The highest BCUT2D eigenvalue weighted by molar-refractivity contribution is 5.63. The first-order valence-electron chi connectivity index (χ1n) is 6.76. The van der Waals surface area contributed by atoms with Crippen molar-refractivity contribution >= 4 is 6.16 Å². The first kappa shape index (κ1) is 15.5. The van der Waals surface area contributed by atoms with Gasteiger partial charge in [-0.25, -0.2) is 4.79 Å². The molecule has 0 aromatic rings. The highest BCUT2D eigenvalue weighted by atomic mass is 16.8. The molecule has 0 aliphatic carbocycles. The fraction of sp³-hybridized carbons (Fsp3) is 0.562. The predicted octanol–water partition coefficient (Wildman–Crippen LogP) is 4.55. The molecule has 106 valence electrons. The normalized spacial score (nSPS) is 22.7. The monoisotopic (exact) mass is 264 g/mol. The number of carbonyl (C=O) groups excluding carboxylic acids is 1. The van der Waals surface area contributed by atoms with Crippen LogP contribution in [-0.4, -0.2) is 18.4 Å². The van der Waals surface area contributed by atoms with Crippen LogP contribution in [-0.2, 0) is 9.47 Å². The number of hydrogen-bond donors (Lipinski definition) is 0. The van der Waals surface area contributed by atoms with Gasteiger partial charge in [0.05, 0.1) is 0 Å². The third kappa shape index (κ3) is 5.33. The van der Waals surface area contributed by atoms with E-state index >= 15 is 0 Å². The second-order valence-corrected chi connectivity index (χ2v) is 5.32. The molecule has 1 heterocycles. The van der Waals surface area contributed by atoms with Crippen molar-refractivity contribution in [1.29, 1.82) is 0 Å². The molecule has 0 radical (unpaired) electrons. The Bertz CT molecular complexity index is 389. The molecule has 0 N–H and O–H groups in total. The van der Waals surface area contributed by atoms with E-state index in [-0.39, 0.29) is 6.61 Å². The Labute approximate surface area is 116 Å². The molecule has 0 spiro atoms. The summed E-state index contributed by atoms with van der Waals surface area (Å²) in [6.07, 6.45) is 9.27. The second-order valence-electron chi connectivity index (χ2n) is 5.32. The number of allylic oxidation sites excluding steroid dienone is 4. The summed E-state index contributed by atoms with van der Waals surface area (Å²) in [7, 11) is 0. The lowest BCUT2D eigenvalue weighted by Gasteiger charge is -2.19. The summed E-state index contributed by atoms with van der Waals surface area (Å²) in [4.78, 5) is 11.0. The maximum Gasteiger partial charge on any atom is 0.509 e. The Kier molecular flexibility index (Phi) is 5.87. The molecule has 3 nitrogen and oxygen atoms in total. The summed E-state index contributed by atoms with van der Waals surface area (Å²) in [6, 6.07) is 0. The summed E-state index contributed by atoms with van der Waals surface area (Å²) < 4.78 is 10.0. The molecular weight excluding hydrogens is 240 g/mol. The lowest BCUT2D eigenvalue weighted by atomic mass is 9.97. The Balaban J connectivity index is 2.37. The lowest BCUT2D eigenvalue weighted by Crippen LogP contribution is -2.28. The maximum atomic E-state index is 11.0. The van der Waals surface area contributed by atoms with Crippen molar-refractivity contribution in [3.8, 4) is 0 Å². The first-order valence-corrected chi connectivity index (χ1v) is 6.76. The van der Waals surface area contributed by atoms with E-state index in [1.165, 1.54) is 11.1 Å². The second kappa shape index (κ2) is 7.17. The largest absolute Gasteiger partial charge is 0.509 e. The first-order chi connectivity index (χ1) is 8.97. The van der Waals surface area contributed by atoms with Gasteiger partial charge in [-0.1, -0.05) is 29.9 Å². The molecule has 1 aliphatic rings. The minimum absolute atomic E-state index is 0.278. The van der Waals surface area contributed by atoms with Crippen molar-refractivity contribution in [3.63, 3.8) is 0 Å². The molecule has 3 heteroatoms. The van der Waals surface area contributed by atoms with Crippen molar-refractivity contribution in [2.75, 3.05) is 6.61 Å². The van der Waals surface area contributed by atoms with Gasteiger partial charge in [0.2, 0.25) is 0 Å². The molecule has 0 saturated carbocycles. The molecule has 1 fully saturated rings. The lowest BCUT2D eigenvalue weighted by molar-refractivity contribution is 0.0850. The summed E-state index contributed by atoms with van der Waals surface area (Å²) in [5.41, 5.74) is 2.09. The summed E-state index contributed by atoms with van der Waals surface area (Å²) >= 11 is 0. The van der Waals surface area contributed by atoms with Crippen LogP contribution in [0, 0.1) is 0 Å². The molecule has 1 atom stereocenters. The quantitative estimate of drug-likeness (QED) is 0.500. The average Bonchev–Trinajstić information content (AvgIpc) is 2.71. The van der Waals surface area contributed by atoms with Crippen LogP contribution in [0.4, 0.5) is 4.79 Å².